The summed E-state index contributed by atoms with van der Waals surface area (Å²) >= 11 is 1.66. The van der Waals surface area contributed by atoms with Crippen LogP contribution in [0, 0.1) is 6.92 Å². The summed E-state index contributed by atoms with van der Waals surface area (Å²) in [4.78, 5) is 25.3. The van der Waals surface area contributed by atoms with Gasteiger partial charge in [-0.05, 0) is 46.6 Å². The predicted molar refractivity (Wildman–Crippen MR) is 112 cm³/mol. The van der Waals surface area contributed by atoms with Crippen molar-refractivity contribution in [3.8, 4) is 10.6 Å². The quantitative estimate of drug-likeness (QED) is 0.602. The highest BCUT2D eigenvalue weighted by Gasteiger charge is 2.32. The summed E-state index contributed by atoms with van der Waals surface area (Å²) < 4.78 is 5.33. The lowest BCUT2D eigenvalue weighted by Crippen LogP contribution is -2.50. The highest BCUT2D eigenvalue weighted by Crippen LogP contribution is 2.37. The number of aromatic amines is 1. The lowest BCUT2D eigenvalue weighted by Gasteiger charge is -2.37. The van der Waals surface area contributed by atoms with Crippen molar-refractivity contribution >= 4 is 34.2 Å². The first kappa shape index (κ1) is 18.7. The molecule has 0 unspecified atom stereocenters. The number of nitrogens with zero attached hydrogens (tertiary/aromatic N) is 2. The zero-order chi connectivity index (χ0) is 19.9. The first-order valence-corrected chi connectivity index (χ1v) is 10.2. The number of alkyl carbamates (subject to hydrolysis) is 1. The molecule has 28 heavy (non-hydrogen) atoms. The summed E-state index contributed by atoms with van der Waals surface area (Å²) in [6, 6.07) is 2.44. The summed E-state index contributed by atoms with van der Waals surface area (Å²) in [7, 11) is 0. The number of aromatic nitrogens is 3. The summed E-state index contributed by atoms with van der Waals surface area (Å²) in [5.41, 5.74) is 2.42. The van der Waals surface area contributed by atoms with Gasteiger partial charge in [0.2, 0.25) is 0 Å². The highest BCUT2D eigenvalue weighted by molar-refractivity contribution is 7.15. The molecule has 3 N–H and O–H groups in total. The first-order chi connectivity index (χ1) is 13.3. The van der Waals surface area contributed by atoms with E-state index in [4.69, 9.17) is 4.74 Å². The van der Waals surface area contributed by atoms with Gasteiger partial charge in [0.1, 0.15) is 16.3 Å². The number of thiazole rings is 1. The molecule has 3 aromatic heterocycles. The average Bonchev–Trinajstić information content (AvgIpc) is 3.19. The molecule has 0 bridgehead atoms. The molecule has 1 saturated carbocycles. The third-order valence-electron chi connectivity index (χ3n) is 4.65. The standard InChI is InChI=1S/C20H25N5O2S/c1-11-9-23-18(28-11)15-10-22-17-14(5-6-21-17)16(15)24-12-7-13(8-12)25-19(26)27-20(2,3)4/h5-6,9-10,12-13H,7-8H2,1-4H3,(H,25,26)(H2,21,22,24)/t12-,13+. The van der Waals surface area contributed by atoms with Crippen LogP contribution in [-0.4, -0.2) is 38.7 Å². The summed E-state index contributed by atoms with van der Waals surface area (Å²) in [5, 5.41) is 8.60. The molecule has 148 valence electrons. The maximum atomic E-state index is 11.9. The number of carbonyl (C=O) groups excluding carboxylic acids is 1. The Morgan fingerprint density at radius 1 is 1.25 bits per heavy atom. The van der Waals surface area contributed by atoms with Crippen LogP contribution in [0.2, 0.25) is 0 Å². The normalized spacial score (nSPS) is 19.3. The van der Waals surface area contributed by atoms with Gasteiger partial charge >= 0.3 is 6.09 Å². The van der Waals surface area contributed by atoms with Crippen molar-refractivity contribution in [1.82, 2.24) is 20.3 Å². The molecule has 1 aliphatic carbocycles. The molecule has 0 aromatic carbocycles. The number of ether oxygens (including phenoxy) is 1. The van der Waals surface area contributed by atoms with Gasteiger partial charge in [0.05, 0.1) is 11.3 Å². The van der Waals surface area contributed by atoms with Gasteiger partial charge in [-0.2, -0.15) is 0 Å². The molecule has 1 amide bonds. The fourth-order valence-corrected chi connectivity index (χ4v) is 4.12. The van der Waals surface area contributed by atoms with Crippen molar-refractivity contribution in [2.75, 3.05) is 5.32 Å². The molecule has 4 rings (SSSR count). The van der Waals surface area contributed by atoms with E-state index in [9.17, 15) is 4.79 Å². The van der Waals surface area contributed by atoms with Crippen molar-refractivity contribution in [3.05, 3.63) is 29.5 Å². The lowest BCUT2D eigenvalue weighted by molar-refractivity contribution is 0.0475. The number of hydrogen-bond acceptors (Lipinski definition) is 6. The maximum absolute atomic E-state index is 11.9. The number of rotatable bonds is 4. The molecule has 1 fully saturated rings. The molecule has 0 saturated heterocycles. The number of aryl methyl sites for hydroxylation is 1. The van der Waals surface area contributed by atoms with E-state index in [0.29, 0.717) is 0 Å². The zero-order valence-electron chi connectivity index (χ0n) is 16.5. The van der Waals surface area contributed by atoms with Crippen LogP contribution in [0.5, 0.6) is 0 Å². The van der Waals surface area contributed by atoms with Gasteiger partial charge in [0.15, 0.2) is 0 Å². The number of fused-ring (bicyclic) bond motifs is 1. The van der Waals surface area contributed by atoms with Crippen LogP contribution in [0.25, 0.3) is 21.6 Å². The van der Waals surface area contributed by atoms with Crippen molar-refractivity contribution < 1.29 is 9.53 Å². The Bertz CT molecular complexity index is 998. The molecule has 7 nitrogen and oxygen atoms in total. The number of H-pyrrole nitrogens is 1. The third-order valence-corrected chi connectivity index (χ3v) is 5.59. The van der Waals surface area contributed by atoms with Crippen molar-refractivity contribution in [2.45, 2.75) is 58.2 Å². The van der Waals surface area contributed by atoms with Crippen LogP contribution in [0.4, 0.5) is 10.5 Å². The van der Waals surface area contributed by atoms with Crippen LogP contribution in [0.1, 0.15) is 38.5 Å². The number of nitrogens with one attached hydrogen (secondary N) is 3. The Kier molecular flexibility index (Phi) is 4.74. The van der Waals surface area contributed by atoms with E-state index in [-0.39, 0.29) is 18.2 Å². The second kappa shape index (κ2) is 7.09. The Morgan fingerprint density at radius 3 is 2.71 bits per heavy atom. The smallest absolute Gasteiger partial charge is 0.407 e. The fourth-order valence-electron chi connectivity index (χ4n) is 3.34. The second-order valence-electron chi connectivity index (χ2n) is 8.22. The monoisotopic (exact) mass is 399 g/mol. The minimum absolute atomic E-state index is 0.126. The largest absolute Gasteiger partial charge is 0.444 e. The Hall–Kier alpha value is -2.61. The number of hydrogen-bond donors (Lipinski definition) is 3. The third kappa shape index (κ3) is 3.96. The summed E-state index contributed by atoms with van der Waals surface area (Å²) in [6.45, 7) is 7.65. The topological polar surface area (TPSA) is 91.9 Å². The molecule has 1 aliphatic rings. The van der Waals surface area contributed by atoms with E-state index >= 15 is 0 Å². The highest BCUT2D eigenvalue weighted by atomic mass is 32.1. The van der Waals surface area contributed by atoms with Crippen LogP contribution in [0.3, 0.4) is 0 Å². The summed E-state index contributed by atoms with van der Waals surface area (Å²) in [5.74, 6) is 0. The van der Waals surface area contributed by atoms with E-state index < -0.39 is 5.60 Å². The van der Waals surface area contributed by atoms with Crippen LogP contribution in [0.15, 0.2) is 24.7 Å². The van der Waals surface area contributed by atoms with Crippen LogP contribution >= 0.6 is 11.3 Å². The molecular formula is C20H25N5O2S. The Morgan fingerprint density at radius 2 is 2.04 bits per heavy atom. The maximum Gasteiger partial charge on any atom is 0.407 e. The van der Waals surface area contributed by atoms with E-state index in [1.807, 2.05) is 45.4 Å². The van der Waals surface area contributed by atoms with Gasteiger partial charge in [-0.3, -0.25) is 0 Å². The second-order valence-corrected chi connectivity index (χ2v) is 9.45. The molecule has 3 aromatic rings. The van der Waals surface area contributed by atoms with Gasteiger partial charge < -0.3 is 20.4 Å². The van der Waals surface area contributed by atoms with Gasteiger partial charge in [-0.1, -0.05) is 0 Å². The molecule has 0 radical (unpaired) electrons. The van der Waals surface area contributed by atoms with Crippen molar-refractivity contribution in [1.29, 1.82) is 0 Å². The molecule has 3 heterocycles. The number of carbonyl (C=O) groups is 1. The molecule has 0 spiro atoms. The number of pyridine rings is 1. The van der Waals surface area contributed by atoms with Gasteiger partial charge in [0, 0.05) is 40.9 Å². The Balaban J connectivity index is 1.47. The molecule has 8 heteroatoms. The van der Waals surface area contributed by atoms with Gasteiger partial charge in [-0.15, -0.1) is 11.3 Å². The predicted octanol–water partition coefficient (Wildman–Crippen LogP) is 4.46. The number of amides is 1. The van der Waals surface area contributed by atoms with E-state index in [0.717, 1.165) is 40.1 Å². The van der Waals surface area contributed by atoms with Gasteiger partial charge in [0.25, 0.3) is 0 Å². The average molecular weight is 400 g/mol. The fraction of sp³-hybridized carbons (Fsp3) is 0.450. The molecule has 0 aliphatic heterocycles. The van der Waals surface area contributed by atoms with Crippen molar-refractivity contribution in [2.24, 2.45) is 0 Å². The van der Waals surface area contributed by atoms with E-state index in [1.54, 1.807) is 11.3 Å². The van der Waals surface area contributed by atoms with E-state index in [1.165, 1.54) is 4.88 Å². The number of anilines is 1. The summed E-state index contributed by atoms with van der Waals surface area (Å²) in [6.07, 6.45) is 7.00. The van der Waals surface area contributed by atoms with Gasteiger partial charge in [-0.25, -0.2) is 14.8 Å². The molecular weight excluding hydrogens is 374 g/mol. The van der Waals surface area contributed by atoms with Crippen LogP contribution in [-0.2, 0) is 4.74 Å². The van der Waals surface area contributed by atoms with Crippen molar-refractivity contribution in [3.63, 3.8) is 0 Å². The minimum Gasteiger partial charge on any atom is -0.444 e. The Labute approximate surface area is 167 Å². The van der Waals surface area contributed by atoms with E-state index in [2.05, 4.69) is 32.5 Å². The lowest BCUT2D eigenvalue weighted by atomic mass is 9.86. The first-order valence-electron chi connectivity index (χ1n) is 9.43. The molecule has 0 atom stereocenters. The minimum atomic E-state index is -0.483. The van der Waals surface area contributed by atoms with Crippen LogP contribution < -0.4 is 10.6 Å². The SMILES string of the molecule is Cc1cnc(-c2cnc3[nH]ccc3c2N[C@H]2C[C@@H](NC(=O)OC(C)(C)C)C2)s1. The zero-order valence-corrected chi connectivity index (χ0v) is 17.3.